The lowest BCUT2D eigenvalue weighted by Gasteiger charge is -2.17. The topological polar surface area (TPSA) is 98.5 Å². The average Bonchev–Trinajstić information content (AvgIpc) is 2.62. The van der Waals surface area contributed by atoms with Crippen molar-refractivity contribution in [3.05, 3.63) is 73.3 Å². The number of halogens is 1. The number of nitrogens with one attached hydrogen (secondary N) is 1. The monoisotopic (exact) mass is 468 g/mol. The van der Waals surface area contributed by atoms with Crippen LogP contribution < -0.4 is 5.32 Å². The van der Waals surface area contributed by atoms with Crippen molar-refractivity contribution in [1.82, 2.24) is 5.32 Å². The van der Waals surface area contributed by atoms with Crippen molar-refractivity contribution < 1.29 is 19.2 Å². The molecule has 0 aliphatic rings. The van der Waals surface area contributed by atoms with E-state index in [0.717, 1.165) is 9.13 Å². The van der Waals surface area contributed by atoms with E-state index in [9.17, 15) is 19.7 Å². The molecule has 0 unspecified atom stereocenters. The summed E-state index contributed by atoms with van der Waals surface area (Å²) < 4.78 is 5.83. The lowest BCUT2D eigenvalue weighted by molar-refractivity contribution is -0.384. The smallest absolute Gasteiger partial charge is 0.328 e. The van der Waals surface area contributed by atoms with Gasteiger partial charge in [-0.2, -0.15) is 0 Å². The Hall–Kier alpha value is -2.49. The van der Waals surface area contributed by atoms with Crippen LogP contribution in [0.15, 0.2) is 48.5 Å². The molecular formula is C18H17IN2O5. The van der Waals surface area contributed by atoms with Crippen LogP contribution in [-0.2, 0) is 27.2 Å². The van der Waals surface area contributed by atoms with Gasteiger partial charge in [-0.25, -0.2) is 4.79 Å². The number of hydrogen-bond donors (Lipinski definition) is 1. The van der Waals surface area contributed by atoms with Crippen LogP contribution in [0.5, 0.6) is 0 Å². The van der Waals surface area contributed by atoms with E-state index >= 15 is 0 Å². The highest BCUT2D eigenvalue weighted by Crippen LogP contribution is 2.14. The maximum Gasteiger partial charge on any atom is 0.328 e. The van der Waals surface area contributed by atoms with Gasteiger partial charge in [-0.3, -0.25) is 14.9 Å². The molecule has 0 heterocycles. The molecule has 1 N–H and O–H groups in total. The molecular weight excluding hydrogens is 451 g/mol. The molecule has 26 heavy (non-hydrogen) atoms. The molecule has 0 aromatic heterocycles. The van der Waals surface area contributed by atoms with Gasteiger partial charge in [-0.05, 0) is 45.9 Å². The van der Waals surface area contributed by atoms with Crippen LogP contribution in [-0.4, -0.2) is 30.0 Å². The number of hydrogen-bond acceptors (Lipinski definition) is 5. The number of rotatable bonds is 7. The van der Waals surface area contributed by atoms with Crippen molar-refractivity contribution in [3.8, 4) is 0 Å². The van der Waals surface area contributed by atoms with E-state index in [1.165, 1.54) is 25.3 Å². The summed E-state index contributed by atoms with van der Waals surface area (Å²) in [5.74, 6) is -0.956. The zero-order valence-corrected chi connectivity index (χ0v) is 16.1. The number of carbonyl (C=O) groups is 2. The van der Waals surface area contributed by atoms with Crippen LogP contribution in [0, 0.1) is 13.7 Å². The van der Waals surface area contributed by atoms with E-state index in [1.54, 1.807) is 6.07 Å². The molecule has 2 rings (SSSR count). The summed E-state index contributed by atoms with van der Waals surface area (Å²) >= 11 is 2.18. The zero-order valence-electron chi connectivity index (χ0n) is 14.0. The second-order valence-electron chi connectivity index (χ2n) is 5.58. The number of esters is 1. The van der Waals surface area contributed by atoms with Crippen LogP contribution in [0.4, 0.5) is 5.69 Å². The first kappa shape index (κ1) is 19.8. The molecule has 0 aliphatic heterocycles. The predicted octanol–water partition coefficient (Wildman–Crippen LogP) is 2.64. The molecule has 0 bridgehead atoms. The number of ether oxygens (including phenoxy) is 1. The van der Waals surface area contributed by atoms with Crippen molar-refractivity contribution in [3.63, 3.8) is 0 Å². The van der Waals surface area contributed by atoms with Crippen molar-refractivity contribution in [2.45, 2.75) is 18.9 Å². The fourth-order valence-electron chi connectivity index (χ4n) is 2.40. The van der Waals surface area contributed by atoms with Gasteiger partial charge in [0.05, 0.1) is 18.5 Å². The number of benzene rings is 2. The van der Waals surface area contributed by atoms with Crippen LogP contribution in [0.25, 0.3) is 0 Å². The first-order chi connectivity index (χ1) is 12.4. The Morgan fingerprint density at radius 2 is 1.88 bits per heavy atom. The van der Waals surface area contributed by atoms with Crippen molar-refractivity contribution in [2.24, 2.45) is 0 Å². The Labute approximate surface area is 164 Å². The molecule has 7 nitrogen and oxygen atoms in total. The minimum absolute atomic E-state index is 0.0676. The largest absolute Gasteiger partial charge is 0.467 e. The van der Waals surface area contributed by atoms with E-state index < -0.39 is 22.8 Å². The SMILES string of the molecule is COC(=O)[C@H](Cc1ccc(I)cc1)NC(=O)Cc1cccc([N+](=O)[O-])c1. The van der Waals surface area contributed by atoms with Gasteiger partial charge in [0.2, 0.25) is 5.91 Å². The molecule has 0 saturated carbocycles. The van der Waals surface area contributed by atoms with Crippen molar-refractivity contribution >= 4 is 40.2 Å². The maximum atomic E-state index is 12.3. The molecule has 2 aromatic rings. The third kappa shape index (κ3) is 5.80. The first-order valence-electron chi connectivity index (χ1n) is 7.74. The molecule has 0 saturated heterocycles. The number of methoxy groups -OCH3 is 1. The summed E-state index contributed by atoms with van der Waals surface area (Å²) in [6.07, 6.45) is 0.228. The van der Waals surface area contributed by atoms with Crippen LogP contribution in [0.2, 0.25) is 0 Å². The summed E-state index contributed by atoms with van der Waals surface area (Å²) in [4.78, 5) is 34.6. The standard InChI is InChI=1S/C18H17IN2O5/c1-26-18(23)16(10-12-5-7-14(19)8-6-12)20-17(22)11-13-3-2-4-15(9-13)21(24)25/h2-9,16H,10-11H2,1H3,(H,20,22)/t16-/m0/s1. The Morgan fingerprint density at radius 1 is 1.19 bits per heavy atom. The maximum absolute atomic E-state index is 12.3. The lowest BCUT2D eigenvalue weighted by Crippen LogP contribution is -2.43. The van der Waals surface area contributed by atoms with Crippen molar-refractivity contribution in [2.75, 3.05) is 7.11 Å². The number of amides is 1. The molecule has 0 fully saturated rings. The Kier molecular flexibility index (Phi) is 7.07. The first-order valence-corrected chi connectivity index (χ1v) is 8.82. The number of nitrogens with zero attached hydrogens (tertiary/aromatic N) is 1. The van der Waals surface area contributed by atoms with E-state index in [0.29, 0.717) is 12.0 Å². The molecule has 0 radical (unpaired) electrons. The van der Waals surface area contributed by atoms with Gasteiger partial charge in [0, 0.05) is 22.1 Å². The second kappa shape index (κ2) is 9.27. The molecule has 8 heteroatoms. The summed E-state index contributed by atoms with van der Waals surface area (Å²) in [5, 5.41) is 13.5. The van der Waals surface area contributed by atoms with E-state index in [2.05, 4.69) is 27.9 Å². The quantitative estimate of drug-likeness (QED) is 0.292. The molecule has 0 spiro atoms. The average molecular weight is 468 g/mol. The molecule has 2 aromatic carbocycles. The minimum atomic E-state index is -0.828. The van der Waals surface area contributed by atoms with Gasteiger partial charge in [-0.15, -0.1) is 0 Å². The summed E-state index contributed by atoms with van der Waals surface area (Å²) in [6.45, 7) is 0. The third-order valence-electron chi connectivity index (χ3n) is 3.66. The molecule has 1 amide bonds. The molecule has 1 atom stereocenters. The van der Waals surface area contributed by atoms with Gasteiger partial charge in [0.15, 0.2) is 0 Å². The van der Waals surface area contributed by atoms with E-state index in [-0.39, 0.29) is 12.1 Å². The number of non-ortho nitro benzene ring substituents is 1. The Bertz CT molecular complexity index is 807. The Morgan fingerprint density at radius 3 is 2.50 bits per heavy atom. The van der Waals surface area contributed by atoms with Gasteiger partial charge < -0.3 is 10.1 Å². The minimum Gasteiger partial charge on any atom is -0.467 e. The fourth-order valence-corrected chi connectivity index (χ4v) is 2.76. The normalized spacial score (nSPS) is 11.5. The summed E-state index contributed by atoms with van der Waals surface area (Å²) in [5.41, 5.74) is 1.30. The highest BCUT2D eigenvalue weighted by Gasteiger charge is 2.22. The lowest BCUT2D eigenvalue weighted by atomic mass is 10.1. The zero-order chi connectivity index (χ0) is 19.1. The van der Waals surface area contributed by atoms with Crippen LogP contribution >= 0.6 is 22.6 Å². The Balaban J connectivity index is 2.06. The van der Waals surface area contributed by atoms with Crippen molar-refractivity contribution in [1.29, 1.82) is 0 Å². The third-order valence-corrected chi connectivity index (χ3v) is 4.38. The highest BCUT2D eigenvalue weighted by atomic mass is 127. The van der Waals surface area contributed by atoms with Gasteiger partial charge in [0.1, 0.15) is 6.04 Å². The van der Waals surface area contributed by atoms with Crippen LogP contribution in [0.3, 0.4) is 0 Å². The molecule has 0 aliphatic carbocycles. The second-order valence-corrected chi connectivity index (χ2v) is 6.82. The van der Waals surface area contributed by atoms with Crippen LogP contribution in [0.1, 0.15) is 11.1 Å². The number of nitro benzene ring substituents is 1. The molecule has 136 valence electrons. The number of carbonyl (C=O) groups excluding carboxylic acids is 2. The predicted molar refractivity (Wildman–Crippen MR) is 104 cm³/mol. The van der Waals surface area contributed by atoms with E-state index in [1.807, 2.05) is 24.3 Å². The highest BCUT2D eigenvalue weighted by molar-refractivity contribution is 14.1. The summed E-state index contributed by atoms with van der Waals surface area (Å²) in [6, 6.07) is 12.6. The van der Waals surface area contributed by atoms with Gasteiger partial charge in [-0.1, -0.05) is 24.3 Å². The number of nitro groups is 1. The van der Waals surface area contributed by atoms with Gasteiger partial charge in [0.25, 0.3) is 5.69 Å². The van der Waals surface area contributed by atoms with Gasteiger partial charge >= 0.3 is 5.97 Å². The fraction of sp³-hybridized carbons (Fsp3) is 0.222. The van der Waals surface area contributed by atoms with E-state index in [4.69, 9.17) is 4.74 Å². The summed E-state index contributed by atoms with van der Waals surface area (Å²) in [7, 11) is 1.26.